The molecule has 218 valence electrons. The van der Waals surface area contributed by atoms with E-state index in [2.05, 4.69) is 46.6 Å². The molecule has 0 radical (unpaired) electrons. The molecule has 2 amide bonds. The van der Waals surface area contributed by atoms with Crippen LogP contribution in [-0.4, -0.2) is 71.2 Å². The highest BCUT2D eigenvalue weighted by Gasteiger charge is 2.46. The van der Waals surface area contributed by atoms with E-state index < -0.39 is 23.5 Å². The Morgan fingerprint density at radius 3 is 2.12 bits per heavy atom. The average molecular weight is 568 g/mol. The number of benzene rings is 3. The van der Waals surface area contributed by atoms with E-state index in [1.54, 1.807) is 4.90 Å². The van der Waals surface area contributed by atoms with E-state index in [-0.39, 0.29) is 25.0 Å². The molecule has 0 bridgehead atoms. The highest BCUT2D eigenvalue weighted by atomic mass is 16.5. The summed E-state index contributed by atoms with van der Waals surface area (Å²) < 4.78 is 5.86. The van der Waals surface area contributed by atoms with Gasteiger partial charge in [0.1, 0.15) is 12.1 Å². The molecular formula is C34H37N3O5. The summed E-state index contributed by atoms with van der Waals surface area (Å²) in [4.78, 5) is 43.1. The van der Waals surface area contributed by atoms with Crippen molar-refractivity contribution in [1.82, 2.24) is 15.1 Å². The largest absolute Gasteiger partial charge is 0.481 e. The third kappa shape index (κ3) is 5.63. The highest BCUT2D eigenvalue weighted by Crippen LogP contribution is 2.44. The number of nitrogens with zero attached hydrogens (tertiary/aromatic N) is 2. The molecule has 2 fully saturated rings. The molecule has 0 spiro atoms. The van der Waals surface area contributed by atoms with Crippen LogP contribution in [0.3, 0.4) is 0 Å². The predicted octanol–water partition coefficient (Wildman–Crippen LogP) is 4.88. The number of ether oxygens (including phenoxy) is 1. The van der Waals surface area contributed by atoms with Crippen LogP contribution in [0.25, 0.3) is 11.1 Å². The number of alkyl carbamates (subject to hydrolysis) is 1. The molecular weight excluding hydrogens is 530 g/mol. The number of carboxylic acid groups (broad SMARTS) is 1. The van der Waals surface area contributed by atoms with Crippen LogP contribution in [0, 0.1) is 5.92 Å². The SMILES string of the molecule is O=C(NC1(C(=O)N2CCC[C@@H](C(=O)O)C2)CCN(Cc2ccccc2)CC1)OCC1c2ccccc2-c2ccccc21. The van der Waals surface area contributed by atoms with Gasteiger partial charge in [-0.05, 0) is 53.5 Å². The average Bonchev–Trinajstić information content (AvgIpc) is 3.35. The van der Waals surface area contributed by atoms with Crippen LogP contribution in [0.5, 0.6) is 0 Å². The van der Waals surface area contributed by atoms with E-state index in [1.165, 1.54) is 5.56 Å². The minimum absolute atomic E-state index is 0.0825. The van der Waals surface area contributed by atoms with Crippen molar-refractivity contribution in [2.75, 3.05) is 32.8 Å². The summed E-state index contributed by atoms with van der Waals surface area (Å²) in [5, 5.41) is 12.6. The number of piperidine rings is 2. The molecule has 3 aromatic rings. The van der Waals surface area contributed by atoms with Gasteiger partial charge in [0, 0.05) is 38.6 Å². The maximum Gasteiger partial charge on any atom is 0.408 e. The van der Waals surface area contributed by atoms with E-state index in [4.69, 9.17) is 4.74 Å². The van der Waals surface area contributed by atoms with Crippen LogP contribution in [-0.2, 0) is 20.9 Å². The molecule has 3 aromatic carbocycles. The minimum Gasteiger partial charge on any atom is -0.481 e. The third-order valence-corrected chi connectivity index (χ3v) is 9.11. The molecule has 1 aliphatic carbocycles. The van der Waals surface area contributed by atoms with Crippen LogP contribution in [0.2, 0.25) is 0 Å². The quantitative estimate of drug-likeness (QED) is 0.422. The topological polar surface area (TPSA) is 99.2 Å². The molecule has 3 aliphatic rings. The van der Waals surface area contributed by atoms with Gasteiger partial charge < -0.3 is 20.1 Å². The number of hydrogen-bond donors (Lipinski definition) is 2. The van der Waals surface area contributed by atoms with Crippen LogP contribution in [0.1, 0.15) is 48.3 Å². The molecule has 2 saturated heterocycles. The Balaban J connectivity index is 1.17. The summed E-state index contributed by atoms with van der Waals surface area (Å²) in [6.45, 7) is 2.83. The van der Waals surface area contributed by atoms with Crippen LogP contribution in [0.15, 0.2) is 78.9 Å². The van der Waals surface area contributed by atoms with E-state index in [1.807, 2.05) is 42.5 Å². The lowest BCUT2D eigenvalue weighted by molar-refractivity contribution is -0.148. The number of carbonyl (C=O) groups is 3. The summed E-state index contributed by atoms with van der Waals surface area (Å²) in [7, 11) is 0. The number of carbonyl (C=O) groups excluding carboxylic acids is 2. The van der Waals surface area contributed by atoms with Gasteiger partial charge in [0.15, 0.2) is 0 Å². The van der Waals surface area contributed by atoms with Crippen molar-refractivity contribution in [1.29, 1.82) is 0 Å². The molecule has 42 heavy (non-hydrogen) atoms. The number of carboxylic acids is 1. The molecule has 1 atom stereocenters. The van der Waals surface area contributed by atoms with Crippen LogP contribution in [0.4, 0.5) is 4.79 Å². The number of nitrogens with one attached hydrogen (secondary N) is 1. The van der Waals surface area contributed by atoms with Gasteiger partial charge in [0.05, 0.1) is 5.92 Å². The number of hydrogen-bond acceptors (Lipinski definition) is 5. The molecule has 6 rings (SSSR count). The van der Waals surface area contributed by atoms with Gasteiger partial charge in [0.2, 0.25) is 5.91 Å². The number of fused-ring (bicyclic) bond motifs is 3. The molecule has 0 saturated carbocycles. The lowest BCUT2D eigenvalue weighted by Crippen LogP contribution is -2.65. The van der Waals surface area contributed by atoms with E-state index >= 15 is 0 Å². The van der Waals surface area contributed by atoms with E-state index in [0.29, 0.717) is 45.3 Å². The second-order valence-electron chi connectivity index (χ2n) is 11.7. The number of rotatable bonds is 7. The summed E-state index contributed by atoms with van der Waals surface area (Å²) in [5.74, 6) is -1.77. The fourth-order valence-corrected chi connectivity index (χ4v) is 6.82. The smallest absolute Gasteiger partial charge is 0.408 e. The first-order valence-corrected chi connectivity index (χ1v) is 14.9. The fraction of sp³-hybridized carbons (Fsp3) is 0.382. The second kappa shape index (κ2) is 12.0. The zero-order valence-corrected chi connectivity index (χ0v) is 23.7. The lowest BCUT2D eigenvalue weighted by atomic mass is 9.84. The van der Waals surface area contributed by atoms with Crippen molar-refractivity contribution in [2.45, 2.75) is 43.7 Å². The third-order valence-electron chi connectivity index (χ3n) is 9.11. The van der Waals surface area contributed by atoms with Crippen molar-refractivity contribution in [3.05, 3.63) is 95.6 Å². The number of aliphatic carboxylic acids is 1. The van der Waals surface area contributed by atoms with E-state index in [9.17, 15) is 19.5 Å². The maximum atomic E-state index is 14.1. The van der Waals surface area contributed by atoms with Gasteiger partial charge in [-0.3, -0.25) is 14.5 Å². The summed E-state index contributed by atoms with van der Waals surface area (Å²) in [6.07, 6.45) is 1.42. The number of amides is 2. The first-order valence-electron chi connectivity index (χ1n) is 14.9. The molecule has 8 nitrogen and oxygen atoms in total. The first kappa shape index (κ1) is 28.0. The molecule has 0 aromatic heterocycles. The second-order valence-corrected chi connectivity index (χ2v) is 11.7. The van der Waals surface area contributed by atoms with Crippen molar-refractivity contribution < 1.29 is 24.2 Å². The maximum absolute atomic E-state index is 14.1. The normalized spacial score (nSPS) is 19.9. The fourth-order valence-electron chi connectivity index (χ4n) is 6.82. The van der Waals surface area contributed by atoms with Gasteiger partial charge in [-0.25, -0.2) is 4.79 Å². The molecule has 2 heterocycles. The molecule has 0 unspecified atom stereocenters. The van der Waals surface area contributed by atoms with Crippen LogP contribution < -0.4 is 5.32 Å². The zero-order chi connectivity index (χ0) is 29.1. The van der Waals surface area contributed by atoms with Crippen molar-refractivity contribution in [3.63, 3.8) is 0 Å². The summed E-state index contributed by atoms with van der Waals surface area (Å²) in [5.41, 5.74) is 4.60. The summed E-state index contributed by atoms with van der Waals surface area (Å²) in [6, 6.07) is 26.5. The highest BCUT2D eigenvalue weighted by molar-refractivity contribution is 5.91. The lowest BCUT2D eigenvalue weighted by Gasteiger charge is -2.44. The van der Waals surface area contributed by atoms with Gasteiger partial charge in [-0.15, -0.1) is 0 Å². The van der Waals surface area contributed by atoms with Crippen molar-refractivity contribution in [2.24, 2.45) is 5.92 Å². The minimum atomic E-state index is -1.14. The summed E-state index contributed by atoms with van der Waals surface area (Å²) >= 11 is 0. The van der Waals surface area contributed by atoms with Crippen LogP contribution >= 0.6 is 0 Å². The molecule has 2 N–H and O–H groups in total. The Morgan fingerprint density at radius 2 is 1.48 bits per heavy atom. The Morgan fingerprint density at radius 1 is 0.857 bits per heavy atom. The molecule has 2 aliphatic heterocycles. The van der Waals surface area contributed by atoms with Gasteiger partial charge in [-0.1, -0.05) is 78.9 Å². The Labute approximate surface area is 246 Å². The van der Waals surface area contributed by atoms with Gasteiger partial charge in [-0.2, -0.15) is 0 Å². The molecule has 8 heteroatoms. The zero-order valence-electron chi connectivity index (χ0n) is 23.7. The number of likely N-dealkylation sites (tertiary alicyclic amines) is 2. The van der Waals surface area contributed by atoms with Gasteiger partial charge in [0.25, 0.3) is 0 Å². The van der Waals surface area contributed by atoms with E-state index in [0.717, 1.165) is 28.8 Å². The van der Waals surface area contributed by atoms with Gasteiger partial charge >= 0.3 is 12.1 Å². The Hall–Kier alpha value is -4.17. The Bertz CT molecular complexity index is 1400. The standard InChI is InChI=1S/C34H37N3O5/c38-31(39)25-11-8-18-37(22-25)32(40)34(16-19-36(20-17-34)21-24-9-2-1-3-10-24)35-33(41)42-23-30-28-14-6-4-12-26(28)27-13-5-7-15-29(27)30/h1-7,9-10,12-15,25,30H,8,11,16-23H2,(H,35,41)(H,38,39)/t25-/m1/s1. The first-order chi connectivity index (χ1) is 20.4. The Kier molecular flexibility index (Phi) is 7.98. The van der Waals surface area contributed by atoms with Crippen molar-refractivity contribution >= 4 is 18.0 Å². The van der Waals surface area contributed by atoms with Crippen molar-refractivity contribution in [3.8, 4) is 11.1 Å². The monoisotopic (exact) mass is 567 g/mol. The predicted molar refractivity (Wildman–Crippen MR) is 159 cm³/mol.